The summed E-state index contributed by atoms with van der Waals surface area (Å²) in [5, 5.41) is 13.0. The molecule has 2 aromatic rings. The van der Waals surface area contributed by atoms with Gasteiger partial charge in [-0.3, -0.25) is 4.79 Å². The maximum atomic E-state index is 12.3. The average molecular weight is 302 g/mol. The summed E-state index contributed by atoms with van der Waals surface area (Å²) in [7, 11) is 0. The number of nitrogens with one attached hydrogen (secondary N) is 2. The average Bonchev–Trinajstić information content (AvgIpc) is 3.00. The van der Waals surface area contributed by atoms with Crippen molar-refractivity contribution in [3.05, 3.63) is 36.0 Å². The monoisotopic (exact) mass is 302 g/mol. The number of benzene rings is 1. The third-order valence-corrected chi connectivity index (χ3v) is 4.04. The molecule has 1 fully saturated rings. The zero-order chi connectivity index (χ0) is 15.5. The molecule has 22 heavy (non-hydrogen) atoms. The van der Waals surface area contributed by atoms with Crippen molar-refractivity contribution in [1.82, 2.24) is 10.3 Å². The van der Waals surface area contributed by atoms with Gasteiger partial charge in [0.15, 0.2) is 0 Å². The summed E-state index contributed by atoms with van der Waals surface area (Å²) in [6.07, 6.45) is 3.36. The summed E-state index contributed by atoms with van der Waals surface area (Å²) in [5.41, 5.74) is 1.29. The fraction of sp³-hybridized carbons (Fsp3) is 0.375. The van der Waals surface area contributed by atoms with Crippen LogP contribution in [0.2, 0.25) is 0 Å². The van der Waals surface area contributed by atoms with E-state index >= 15 is 0 Å². The molecule has 2 unspecified atom stereocenters. The van der Waals surface area contributed by atoms with Crippen LogP contribution >= 0.6 is 0 Å². The van der Waals surface area contributed by atoms with Gasteiger partial charge in [-0.15, -0.1) is 0 Å². The number of aromatic amines is 1. The summed E-state index contributed by atoms with van der Waals surface area (Å²) in [5.74, 6) is -1.59. The highest BCUT2D eigenvalue weighted by Gasteiger charge is 2.31. The van der Waals surface area contributed by atoms with Crippen molar-refractivity contribution in [1.29, 1.82) is 0 Å². The molecule has 0 spiro atoms. The van der Waals surface area contributed by atoms with Crippen molar-refractivity contribution in [2.45, 2.75) is 18.9 Å². The minimum atomic E-state index is -1.02. The number of amides is 1. The topological polar surface area (TPSA) is 91.4 Å². The Morgan fingerprint density at radius 1 is 1.36 bits per heavy atom. The van der Waals surface area contributed by atoms with Crippen LogP contribution in [0.25, 0.3) is 10.9 Å². The summed E-state index contributed by atoms with van der Waals surface area (Å²) in [6.45, 7) is 1.02. The summed E-state index contributed by atoms with van der Waals surface area (Å²) in [6, 6.07) is 6.24. The number of aliphatic carboxylic acids is 1. The summed E-state index contributed by atoms with van der Waals surface area (Å²) >= 11 is 0. The number of H-pyrrole nitrogens is 1. The lowest BCUT2D eigenvalue weighted by molar-refractivity contribution is -0.142. The van der Waals surface area contributed by atoms with Crippen LogP contribution in [-0.4, -0.2) is 41.2 Å². The molecule has 116 valence electrons. The van der Waals surface area contributed by atoms with Gasteiger partial charge in [0, 0.05) is 29.8 Å². The number of rotatable bonds is 4. The number of fused-ring (bicyclic) bond motifs is 1. The van der Waals surface area contributed by atoms with Crippen molar-refractivity contribution < 1.29 is 19.4 Å². The Morgan fingerprint density at radius 2 is 2.23 bits per heavy atom. The zero-order valence-corrected chi connectivity index (χ0v) is 12.0. The molecule has 3 rings (SSSR count). The third kappa shape index (κ3) is 2.96. The second-order valence-electron chi connectivity index (χ2n) is 5.55. The lowest BCUT2D eigenvalue weighted by Gasteiger charge is -2.28. The molecule has 0 bridgehead atoms. The van der Waals surface area contributed by atoms with E-state index in [2.05, 4.69) is 10.3 Å². The molecule has 0 radical (unpaired) electrons. The van der Waals surface area contributed by atoms with Crippen molar-refractivity contribution in [2.75, 3.05) is 13.2 Å². The largest absolute Gasteiger partial charge is 0.480 e. The molecule has 1 aromatic carbocycles. The first-order valence-electron chi connectivity index (χ1n) is 7.34. The standard InChI is InChI=1S/C16H18N2O4/c19-15(11-4-3-10-5-6-17-13(10)8-11)18-14(16(20)21)12-2-1-7-22-9-12/h3-6,8,12,14,17H,1-2,7,9H2,(H,18,19)(H,20,21). The van der Waals surface area contributed by atoms with Crippen LogP contribution in [0.3, 0.4) is 0 Å². The second-order valence-corrected chi connectivity index (χ2v) is 5.55. The quantitative estimate of drug-likeness (QED) is 0.803. The van der Waals surface area contributed by atoms with Gasteiger partial charge in [-0.2, -0.15) is 0 Å². The first kappa shape index (κ1) is 14.6. The predicted octanol–water partition coefficient (Wildman–Crippen LogP) is 1.78. The predicted molar refractivity (Wildman–Crippen MR) is 80.7 cm³/mol. The van der Waals surface area contributed by atoms with Gasteiger partial charge in [-0.25, -0.2) is 4.79 Å². The van der Waals surface area contributed by atoms with Gasteiger partial charge in [-0.05, 0) is 36.4 Å². The zero-order valence-electron chi connectivity index (χ0n) is 12.0. The van der Waals surface area contributed by atoms with E-state index in [1.165, 1.54) is 0 Å². The van der Waals surface area contributed by atoms with Crippen LogP contribution in [0.1, 0.15) is 23.2 Å². The number of carboxylic acids is 1. The van der Waals surface area contributed by atoms with Gasteiger partial charge in [-0.1, -0.05) is 6.07 Å². The lowest BCUT2D eigenvalue weighted by atomic mass is 9.93. The molecule has 3 N–H and O–H groups in total. The molecule has 1 amide bonds. The molecule has 0 aliphatic carbocycles. The van der Waals surface area contributed by atoms with Gasteiger partial charge in [0.1, 0.15) is 6.04 Å². The first-order chi connectivity index (χ1) is 10.6. The summed E-state index contributed by atoms with van der Waals surface area (Å²) in [4.78, 5) is 26.8. The van der Waals surface area contributed by atoms with Gasteiger partial charge >= 0.3 is 5.97 Å². The Morgan fingerprint density at radius 3 is 2.95 bits per heavy atom. The maximum absolute atomic E-state index is 12.3. The maximum Gasteiger partial charge on any atom is 0.326 e. The van der Waals surface area contributed by atoms with Gasteiger partial charge < -0.3 is 20.1 Å². The number of carbonyl (C=O) groups is 2. The Hall–Kier alpha value is -2.34. The van der Waals surface area contributed by atoms with Crippen LogP contribution in [0, 0.1) is 5.92 Å². The van der Waals surface area contributed by atoms with Crippen LogP contribution in [0.4, 0.5) is 0 Å². The van der Waals surface area contributed by atoms with E-state index in [4.69, 9.17) is 4.74 Å². The van der Waals surface area contributed by atoms with E-state index in [0.717, 1.165) is 23.7 Å². The van der Waals surface area contributed by atoms with Crippen LogP contribution < -0.4 is 5.32 Å². The molecule has 0 saturated carbocycles. The lowest BCUT2D eigenvalue weighted by Crippen LogP contribution is -2.48. The van der Waals surface area contributed by atoms with E-state index in [1.54, 1.807) is 18.3 Å². The molecule has 6 heteroatoms. The Bertz CT molecular complexity index is 688. The smallest absolute Gasteiger partial charge is 0.326 e. The second kappa shape index (κ2) is 6.19. The molecule has 1 saturated heterocycles. The molecule has 2 heterocycles. The molecular formula is C16H18N2O4. The summed E-state index contributed by atoms with van der Waals surface area (Å²) < 4.78 is 5.33. The van der Waals surface area contributed by atoms with Gasteiger partial charge in [0.25, 0.3) is 5.91 Å². The normalized spacial score (nSPS) is 19.7. The van der Waals surface area contributed by atoms with Crippen LogP contribution in [0.15, 0.2) is 30.5 Å². The first-order valence-corrected chi connectivity index (χ1v) is 7.34. The Balaban J connectivity index is 1.76. The van der Waals surface area contributed by atoms with E-state index in [1.807, 2.05) is 12.1 Å². The fourth-order valence-corrected chi connectivity index (χ4v) is 2.82. The van der Waals surface area contributed by atoms with Gasteiger partial charge in [0.2, 0.25) is 0 Å². The highest BCUT2D eigenvalue weighted by Crippen LogP contribution is 2.19. The highest BCUT2D eigenvalue weighted by atomic mass is 16.5. The van der Waals surface area contributed by atoms with Crippen molar-refractivity contribution in [3.8, 4) is 0 Å². The number of carbonyl (C=O) groups excluding carboxylic acids is 1. The minimum Gasteiger partial charge on any atom is -0.480 e. The molecule has 2 atom stereocenters. The van der Waals surface area contributed by atoms with Crippen molar-refractivity contribution >= 4 is 22.8 Å². The minimum absolute atomic E-state index is 0.190. The molecule has 1 aliphatic heterocycles. The third-order valence-electron chi connectivity index (χ3n) is 4.04. The van der Waals surface area contributed by atoms with E-state index in [-0.39, 0.29) is 11.8 Å². The van der Waals surface area contributed by atoms with Gasteiger partial charge in [0.05, 0.1) is 6.61 Å². The van der Waals surface area contributed by atoms with E-state index in [0.29, 0.717) is 18.8 Å². The molecule has 1 aliphatic rings. The fourth-order valence-electron chi connectivity index (χ4n) is 2.82. The number of carboxylic acid groups (broad SMARTS) is 1. The van der Waals surface area contributed by atoms with Crippen LogP contribution in [0.5, 0.6) is 0 Å². The SMILES string of the molecule is O=C(NC(C(=O)O)C1CCCOC1)c1ccc2cc[nH]c2c1. The number of aromatic nitrogens is 1. The molecule has 6 nitrogen and oxygen atoms in total. The number of hydrogen-bond acceptors (Lipinski definition) is 3. The number of hydrogen-bond donors (Lipinski definition) is 3. The van der Waals surface area contributed by atoms with E-state index in [9.17, 15) is 14.7 Å². The Kier molecular flexibility index (Phi) is 4.11. The number of ether oxygens (including phenoxy) is 1. The van der Waals surface area contributed by atoms with E-state index < -0.39 is 12.0 Å². The van der Waals surface area contributed by atoms with Crippen molar-refractivity contribution in [2.24, 2.45) is 5.92 Å². The highest BCUT2D eigenvalue weighted by molar-refractivity contribution is 5.99. The Labute approximate surface area is 127 Å². The van der Waals surface area contributed by atoms with Crippen molar-refractivity contribution in [3.63, 3.8) is 0 Å². The van der Waals surface area contributed by atoms with Crippen LogP contribution in [-0.2, 0) is 9.53 Å². The molecule has 1 aromatic heterocycles. The molecular weight excluding hydrogens is 284 g/mol.